The van der Waals surface area contributed by atoms with Gasteiger partial charge in [-0.3, -0.25) is 4.79 Å². The average molecular weight is 481 g/mol. The first-order valence-electron chi connectivity index (χ1n) is 11.4. The van der Waals surface area contributed by atoms with E-state index in [1.165, 1.54) is 6.21 Å². The van der Waals surface area contributed by atoms with Crippen LogP contribution in [0.3, 0.4) is 0 Å². The summed E-state index contributed by atoms with van der Waals surface area (Å²) in [6.45, 7) is 12.5. The van der Waals surface area contributed by atoms with Crippen LogP contribution >= 0.6 is 11.6 Å². The Morgan fingerprint density at radius 3 is 2.26 bits per heavy atom. The summed E-state index contributed by atoms with van der Waals surface area (Å²) in [6.07, 6.45) is 2.30. The number of nitrogens with zero attached hydrogens (tertiary/aromatic N) is 1. The summed E-state index contributed by atoms with van der Waals surface area (Å²) < 4.78 is 5.75. The number of phenolic OH excluding ortho intramolecular Hbond substituents is 1. The number of rotatable bonds is 6. The molecule has 0 aliphatic rings. The highest BCUT2D eigenvalue weighted by Gasteiger charge is 2.26. The van der Waals surface area contributed by atoms with Crippen molar-refractivity contribution in [1.82, 2.24) is 5.43 Å². The summed E-state index contributed by atoms with van der Waals surface area (Å²) in [5.74, 6) is 1.35. The van der Waals surface area contributed by atoms with E-state index >= 15 is 0 Å². The maximum absolute atomic E-state index is 12.4. The number of nitrogens with one attached hydrogen (secondary N) is 1. The van der Waals surface area contributed by atoms with Gasteiger partial charge in [-0.15, -0.1) is 0 Å². The number of benzene rings is 2. The van der Waals surface area contributed by atoms with Gasteiger partial charge in [0, 0.05) is 17.0 Å². The Kier molecular flexibility index (Phi) is 7.57. The second-order valence-corrected chi connectivity index (χ2v) is 11.0. The third-order valence-corrected chi connectivity index (χ3v) is 5.78. The van der Waals surface area contributed by atoms with E-state index in [-0.39, 0.29) is 23.2 Å². The van der Waals surface area contributed by atoms with Crippen LogP contribution in [0.25, 0.3) is 11.3 Å². The van der Waals surface area contributed by atoms with Crippen LogP contribution in [0.15, 0.2) is 58.0 Å². The van der Waals surface area contributed by atoms with Gasteiger partial charge in [0.15, 0.2) is 0 Å². The first kappa shape index (κ1) is 25.6. The van der Waals surface area contributed by atoms with E-state index in [0.29, 0.717) is 28.7 Å². The summed E-state index contributed by atoms with van der Waals surface area (Å²) >= 11 is 6.04. The number of phenols is 1. The summed E-state index contributed by atoms with van der Waals surface area (Å²) in [7, 11) is 0. The van der Waals surface area contributed by atoms with E-state index in [1.54, 1.807) is 12.1 Å². The largest absolute Gasteiger partial charge is 0.507 e. The first-order chi connectivity index (χ1) is 15.8. The third-order valence-electron chi connectivity index (χ3n) is 5.54. The molecule has 0 aliphatic carbocycles. The van der Waals surface area contributed by atoms with Crippen molar-refractivity contribution in [1.29, 1.82) is 0 Å². The zero-order valence-electron chi connectivity index (χ0n) is 20.7. The molecule has 34 heavy (non-hydrogen) atoms. The van der Waals surface area contributed by atoms with Crippen molar-refractivity contribution in [2.24, 2.45) is 5.10 Å². The summed E-state index contributed by atoms with van der Waals surface area (Å²) in [6, 6.07) is 15.0. The predicted molar refractivity (Wildman–Crippen MR) is 139 cm³/mol. The zero-order chi connectivity index (χ0) is 25.1. The number of aromatic hydroxyl groups is 1. The molecule has 3 aromatic rings. The van der Waals surface area contributed by atoms with Gasteiger partial charge in [0.25, 0.3) is 0 Å². The topological polar surface area (TPSA) is 74.8 Å². The normalized spacial score (nSPS) is 12.3. The highest BCUT2D eigenvalue weighted by atomic mass is 35.5. The second-order valence-electron chi connectivity index (χ2n) is 10.5. The molecule has 0 aliphatic heterocycles. The van der Waals surface area contributed by atoms with E-state index in [0.717, 1.165) is 22.3 Å². The number of hydrogen-bond donors (Lipinski definition) is 2. The number of furan rings is 1. The van der Waals surface area contributed by atoms with E-state index in [1.807, 2.05) is 36.4 Å². The molecule has 0 radical (unpaired) electrons. The van der Waals surface area contributed by atoms with Crippen molar-refractivity contribution in [3.63, 3.8) is 0 Å². The smallest absolute Gasteiger partial charge is 0.240 e. The number of aryl methyl sites for hydroxylation is 1. The Balaban J connectivity index is 1.64. The van der Waals surface area contributed by atoms with Crippen LogP contribution in [-0.4, -0.2) is 17.2 Å². The first-order valence-corrected chi connectivity index (χ1v) is 11.8. The number of amides is 1. The molecule has 1 aromatic heterocycles. The SMILES string of the molecule is CC(C)(C)c1cc(CCC(=O)N/N=C\c2ccc(-c3cccc(Cl)c3)o2)cc(C(C)(C)C)c1O. The zero-order valence-corrected chi connectivity index (χ0v) is 21.5. The van der Waals surface area contributed by atoms with Crippen molar-refractivity contribution >= 4 is 23.7 Å². The fourth-order valence-corrected chi connectivity index (χ4v) is 3.87. The Morgan fingerprint density at radius 1 is 1.03 bits per heavy atom. The Labute approximate surface area is 206 Å². The van der Waals surface area contributed by atoms with E-state index < -0.39 is 0 Å². The minimum atomic E-state index is -0.209. The van der Waals surface area contributed by atoms with Crippen LogP contribution in [0.5, 0.6) is 5.75 Å². The highest BCUT2D eigenvalue weighted by molar-refractivity contribution is 6.30. The lowest BCUT2D eigenvalue weighted by molar-refractivity contribution is -0.121. The van der Waals surface area contributed by atoms with Gasteiger partial charge in [-0.1, -0.05) is 77.4 Å². The molecular formula is C28H33ClN2O3. The molecule has 5 nitrogen and oxygen atoms in total. The maximum atomic E-state index is 12.4. The van der Waals surface area contributed by atoms with Crippen LogP contribution in [0.1, 0.15) is 70.4 Å². The van der Waals surface area contributed by atoms with E-state index in [9.17, 15) is 9.90 Å². The Morgan fingerprint density at radius 2 is 1.68 bits per heavy atom. The molecule has 0 fully saturated rings. The molecule has 2 aromatic carbocycles. The molecule has 0 bridgehead atoms. The van der Waals surface area contributed by atoms with Crippen LogP contribution in [-0.2, 0) is 22.0 Å². The number of halogens is 1. The molecule has 0 saturated carbocycles. The molecule has 180 valence electrons. The van der Waals surface area contributed by atoms with Crippen molar-refractivity contribution in [2.75, 3.05) is 0 Å². The van der Waals surface area contributed by atoms with Crippen molar-refractivity contribution in [2.45, 2.75) is 65.2 Å². The van der Waals surface area contributed by atoms with Gasteiger partial charge < -0.3 is 9.52 Å². The maximum Gasteiger partial charge on any atom is 0.240 e. The summed E-state index contributed by atoms with van der Waals surface area (Å²) in [5.41, 5.74) is 5.81. The molecule has 1 amide bonds. The molecule has 0 saturated heterocycles. The fourth-order valence-electron chi connectivity index (χ4n) is 3.68. The summed E-state index contributed by atoms with van der Waals surface area (Å²) in [4.78, 5) is 12.4. The van der Waals surface area contributed by atoms with Crippen molar-refractivity contribution in [3.8, 4) is 17.1 Å². The number of carbonyl (C=O) groups is 1. The van der Waals surface area contributed by atoms with Crippen LogP contribution < -0.4 is 5.43 Å². The van der Waals surface area contributed by atoms with E-state index in [4.69, 9.17) is 16.0 Å². The molecule has 0 atom stereocenters. The average Bonchev–Trinajstić information content (AvgIpc) is 3.20. The molecule has 2 N–H and O–H groups in total. The second kappa shape index (κ2) is 10.1. The van der Waals surface area contributed by atoms with Gasteiger partial charge in [0.2, 0.25) is 5.91 Å². The molecule has 6 heteroatoms. The minimum absolute atomic E-state index is 0.194. The predicted octanol–water partition coefficient (Wildman–Crippen LogP) is 6.98. The lowest BCUT2D eigenvalue weighted by Crippen LogP contribution is -2.20. The van der Waals surface area contributed by atoms with Crippen LogP contribution in [0.4, 0.5) is 0 Å². The highest BCUT2D eigenvalue weighted by Crippen LogP contribution is 2.40. The molecule has 1 heterocycles. The number of carbonyl (C=O) groups excluding carboxylic acids is 1. The van der Waals surface area contributed by atoms with Crippen LogP contribution in [0, 0.1) is 0 Å². The lowest BCUT2D eigenvalue weighted by Gasteiger charge is -2.28. The van der Waals surface area contributed by atoms with Gasteiger partial charge in [-0.25, -0.2) is 5.43 Å². The van der Waals surface area contributed by atoms with Gasteiger partial charge in [-0.2, -0.15) is 5.10 Å². The molecule has 0 spiro atoms. The number of hydrazone groups is 1. The summed E-state index contributed by atoms with van der Waals surface area (Å²) in [5, 5.41) is 15.5. The quantitative estimate of drug-likeness (QED) is 0.295. The standard InChI is InChI=1S/C28H33ClN2O3/c1-27(2,3)22-14-18(15-23(26(22)33)28(4,5)6)10-13-25(32)31-30-17-21-11-12-24(34-21)19-8-7-9-20(29)16-19/h7-9,11-12,14-17,33H,10,13H2,1-6H3,(H,31,32)/b30-17-. The Hall–Kier alpha value is -3.05. The van der Waals surface area contributed by atoms with E-state index in [2.05, 4.69) is 52.1 Å². The van der Waals surface area contributed by atoms with Gasteiger partial charge in [0.1, 0.15) is 17.3 Å². The van der Waals surface area contributed by atoms with Gasteiger partial charge >= 0.3 is 0 Å². The number of hydrogen-bond acceptors (Lipinski definition) is 4. The third kappa shape index (κ3) is 6.51. The minimum Gasteiger partial charge on any atom is -0.507 e. The molecular weight excluding hydrogens is 448 g/mol. The Bertz CT molecular complexity index is 1160. The van der Waals surface area contributed by atoms with Gasteiger partial charge in [0.05, 0.1) is 6.21 Å². The van der Waals surface area contributed by atoms with Crippen LogP contribution in [0.2, 0.25) is 5.02 Å². The molecule has 3 rings (SSSR count). The molecule has 0 unspecified atom stereocenters. The van der Waals surface area contributed by atoms with Crippen molar-refractivity contribution < 1.29 is 14.3 Å². The van der Waals surface area contributed by atoms with Gasteiger partial charge in [-0.05, 0) is 58.2 Å². The fraction of sp³-hybridized carbons (Fsp3) is 0.357. The lowest BCUT2D eigenvalue weighted by atomic mass is 9.78. The monoisotopic (exact) mass is 480 g/mol. The van der Waals surface area contributed by atoms with Crippen molar-refractivity contribution in [3.05, 3.63) is 76.0 Å².